The largest absolute Gasteiger partial charge is 0.228 e. The maximum Gasteiger partial charge on any atom is 0.226 e. The highest BCUT2D eigenvalue weighted by Gasteiger charge is 2.17. The summed E-state index contributed by atoms with van der Waals surface area (Å²) in [4.78, 5) is 58.3. The van der Waals surface area contributed by atoms with E-state index in [4.69, 9.17) is 66.8 Å². The number of benzene rings is 15. The molecule has 20 rings (SSSR count). The highest BCUT2D eigenvalue weighted by atomic mass is 79.9. The van der Waals surface area contributed by atoms with Gasteiger partial charge in [-0.3, -0.25) is 0 Å². The fourth-order valence-corrected chi connectivity index (χ4v) is 13.6. The second-order valence-electron chi connectivity index (χ2n) is 26.6. The van der Waals surface area contributed by atoms with Gasteiger partial charge in [0.1, 0.15) is 0 Å². The molecule has 15 aromatic carbocycles. The van der Waals surface area contributed by atoms with Crippen LogP contribution in [0.3, 0.4) is 0 Å². The minimum atomic E-state index is -0.609. The van der Waals surface area contributed by atoms with Crippen molar-refractivity contribution in [1.29, 1.82) is 0 Å². The van der Waals surface area contributed by atoms with Crippen molar-refractivity contribution in [3.05, 3.63) is 436 Å². The van der Waals surface area contributed by atoms with Gasteiger partial charge in [0.2, 0.25) is 10.6 Å². The second-order valence-corrected chi connectivity index (χ2v) is 30.0. The standard InChI is InChI=1S/C23H14ClN3.2C22H15BrN2.C21H14BrN3.C15H10ClN3/c24-23-26-21(19-11-9-15-5-1-3-7-17(15)13-19)25-22(27-23)20-12-10-16-6-2-4-8-18(16)14-20;23-19-13-11-17(12-14-19)21-15-20(16-7-3-1-4-8-16)24-22(25-21)18-9-5-2-6-10-18;23-19-13-11-18(12-14-19)22-24-20(16-7-3-1-4-8-16)15-21(25-22)17-9-5-2-6-10-17;22-18-13-11-17(12-14-18)21-24-19(15-7-3-1-4-8-15)23-20(25-21)16-9-5-2-6-10-16;16-15-18-13(11-7-3-1-4-8-11)17-14(19-15)12-9-5-2-6-10-12/h1-14H;2*1-15H;1-14H;1-10H/i;;;;1D,2D,3D,4D,5D,6D,7D,8D,9D,10D. The van der Waals surface area contributed by atoms with Crippen LogP contribution in [0.1, 0.15) is 13.7 Å². The van der Waals surface area contributed by atoms with Gasteiger partial charge in [-0.2, -0.15) is 19.9 Å². The zero-order valence-corrected chi connectivity index (χ0v) is 70.0. The van der Waals surface area contributed by atoms with E-state index in [1.807, 2.05) is 255 Å². The summed E-state index contributed by atoms with van der Waals surface area (Å²) in [5.74, 6) is 3.85. The first-order valence-corrected chi connectivity index (χ1v) is 40.9. The van der Waals surface area contributed by atoms with Crippen LogP contribution in [-0.2, 0) is 0 Å². The van der Waals surface area contributed by atoms with Gasteiger partial charge in [0.05, 0.1) is 36.5 Å². The van der Waals surface area contributed by atoms with E-state index in [0.29, 0.717) is 29.1 Å². The van der Waals surface area contributed by atoms with Crippen LogP contribution in [0, 0.1) is 0 Å². The lowest BCUT2D eigenvalue weighted by molar-refractivity contribution is 1.07. The molecule has 13 nitrogen and oxygen atoms in total. The van der Waals surface area contributed by atoms with E-state index in [9.17, 15) is 0 Å². The van der Waals surface area contributed by atoms with Crippen LogP contribution < -0.4 is 0 Å². The summed E-state index contributed by atoms with van der Waals surface area (Å²) in [6.07, 6.45) is 0. The van der Waals surface area contributed by atoms with Gasteiger partial charge in [0.15, 0.2) is 52.4 Å². The van der Waals surface area contributed by atoms with E-state index in [0.717, 1.165) is 120 Å². The first-order valence-electron chi connectivity index (χ1n) is 42.7. The predicted molar refractivity (Wildman–Crippen MR) is 502 cm³/mol. The lowest BCUT2D eigenvalue weighted by Gasteiger charge is -2.09. The number of fused-ring (bicyclic) bond motifs is 2. The third-order valence-electron chi connectivity index (χ3n) is 18.4. The Morgan fingerprint density at radius 3 is 0.669 bits per heavy atom. The lowest BCUT2D eigenvalue weighted by Crippen LogP contribution is -1.99. The molecule has 121 heavy (non-hydrogen) atoms. The summed E-state index contributed by atoms with van der Waals surface area (Å²) in [7, 11) is 0. The highest BCUT2D eigenvalue weighted by Crippen LogP contribution is 2.34. The molecule has 5 aromatic heterocycles. The van der Waals surface area contributed by atoms with Gasteiger partial charge in [-0.15, -0.1) is 0 Å². The topological polar surface area (TPSA) is 168 Å². The molecule has 0 bridgehead atoms. The molecule has 0 saturated heterocycles. The average Bonchev–Trinajstić information content (AvgIpc) is 0.758. The molecule has 18 heteroatoms. The van der Waals surface area contributed by atoms with Crippen LogP contribution in [0.2, 0.25) is 10.6 Å². The summed E-state index contributed by atoms with van der Waals surface area (Å²) in [5.41, 5.74) is 14.1. The number of hydrogen-bond acceptors (Lipinski definition) is 13. The van der Waals surface area contributed by atoms with Crippen molar-refractivity contribution >= 4 is 92.5 Å². The molecule has 5 heterocycles. The Labute approximate surface area is 749 Å². The molecule has 0 amide bonds. The van der Waals surface area contributed by atoms with Crippen molar-refractivity contribution in [2.45, 2.75) is 0 Å². The van der Waals surface area contributed by atoms with Crippen molar-refractivity contribution in [1.82, 2.24) is 64.8 Å². The van der Waals surface area contributed by atoms with Gasteiger partial charge < -0.3 is 0 Å². The van der Waals surface area contributed by atoms with E-state index in [1.54, 1.807) is 0 Å². The van der Waals surface area contributed by atoms with E-state index in [2.05, 4.69) is 180 Å². The van der Waals surface area contributed by atoms with Gasteiger partial charge >= 0.3 is 0 Å². The number of aromatic nitrogens is 13. The Morgan fingerprint density at radius 2 is 0.380 bits per heavy atom. The van der Waals surface area contributed by atoms with Crippen LogP contribution in [0.4, 0.5) is 0 Å². The Kier molecular flexibility index (Phi) is 22.5. The summed E-state index contributed by atoms with van der Waals surface area (Å²) < 4.78 is 81.6. The van der Waals surface area contributed by atoms with Crippen LogP contribution in [0.5, 0.6) is 0 Å². The maximum atomic E-state index is 8.02. The molecule has 0 unspecified atom stereocenters. The summed E-state index contributed by atoms with van der Waals surface area (Å²) in [6.45, 7) is 0. The Hall–Kier alpha value is -14.0. The third-order valence-corrected chi connectivity index (χ3v) is 20.3. The summed E-state index contributed by atoms with van der Waals surface area (Å²) in [5, 5.41) is 4.38. The minimum Gasteiger partial charge on any atom is -0.228 e. The van der Waals surface area contributed by atoms with E-state index >= 15 is 0 Å². The average molecular weight is 1810 g/mol. The van der Waals surface area contributed by atoms with Crippen molar-refractivity contribution in [2.75, 3.05) is 0 Å². The van der Waals surface area contributed by atoms with Gasteiger partial charge in [-0.05, 0) is 105 Å². The van der Waals surface area contributed by atoms with Gasteiger partial charge in [0.25, 0.3) is 0 Å². The second kappa shape index (κ2) is 39.5. The molecule has 0 fully saturated rings. The summed E-state index contributed by atoms with van der Waals surface area (Å²) in [6, 6.07) is 112. The summed E-state index contributed by atoms with van der Waals surface area (Å²) >= 11 is 22.6. The van der Waals surface area contributed by atoms with Crippen LogP contribution in [0.15, 0.2) is 426 Å². The number of nitrogens with zero attached hydrogens (tertiary/aromatic N) is 13. The highest BCUT2D eigenvalue weighted by molar-refractivity contribution is 9.11. The van der Waals surface area contributed by atoms with Gasteiger partial charge in [-0.1, -0.05) is 399 Å². The van der Waals surface area contributed by atoms with Crippen molar-refractivity contribution in [3.63, 3.8) is 0 Å². The quantitative estimate of drug-likeness (QED) is 0.107. The fraction of sp³-hybridized carbons (Fsp3) is 0. The normalized spacial score (nSPS) is 11.8. The van der Waals surface area contributed by atoms with Crippen LogP contribution in [-0.4, -0.2) is 64.8 Å². The minimum absolute atomic E-state index is 0.191. The molecule has 20 aromatic rings. The molecule has 0 aliphatic rings. The molecule has 0 aliphatic heterocycles. The first-order chi connectivity index (χ1) is 63.6. The number of halogens is 5. The predicted octanol–water partition coefficient (Wildman–Crippen LogP) is 28.1. The molecule has 0 N–H and O–H groups in total. The molecule has 0 aliphatic carbocycles. The lowest BCUT2D eigenvalue weighted by atomic mass is 10.1. The smallest absolute Gasteiger partial charge is 0.226 e. The molecule has 0 atom stereocenters. The zero-order chi connectivity index (χ0) is 91.2. The third kappa shape index (κ3) is 21.3. The Bertz CT molecular complexity index is 6710. The van der Waals surface area contributed by atoms with Crippen molar-refractivity contribution < 1.29 is 13.7 Å². The molecular formula is C103H68Br3Cl2N13. The molecular weight excluding hydrogens is 1730 g/mol. The molecule has 0 radical (unpaired) electrons. The van der Waals surface area contributed by atoms with E-state index in [1.165, 1.54) is 10.8 Å². The van der Waals surface area contributed by atoms with Crippen LogP contribution in [0.25, 0.3) is 169 Å². The Balaban J connectivity index is 0.000000120. The molecule has 0 spiro atoms. The SMILES string of the molecule is Brc1ccc(-c2cc(-c3ccccc3)nc(-c3ccccc3)n2)cc1.Brc1ccc(-c2nc(-c3ccccc3)cc(-c3ccccc3)n2)cc1.Brc1ccc(-c2nc(-c3ccccc3)nc(-c3ccccc3)n2)cc1.Clc1nc(-c2ccc3ccccc3c2)nc(-c2ccc3ccccc3c2)n1.[2H]c1c([2H])c([2H])c(-c2nc(Cl)nc(-c3c([2H])c([2H])c([2H])c([2H])c3[2H])n2)c([2H])c1[2H]. The van der Waals surface area contributed by atoms with E-state index in [-0.39, 0.29) is 28.1 Å². The number of hydrogen-bond donors (Lipinski definition) is 0. The Morgan fingerprint density at radius 1 is 0.174 bits per heavy atom. The fourth-order valence-electron chi connectivity index (χ4n) is 12.5. The number of rotatable bonds is 13. The van der Waals surface area contributed by atoms with Crippen LogP contribution >= 0.6 is 71.0 Å². The van der Waals surface area contributed by atoms with Crippen molar-refractivity contribution in [3.8, 4) is 148 Å². The first kappa shape index (κ1) is 69.0. The maximum absolute atomic E-state index is 8.02. The molecule has 580 valence electrons. The van der Waals surface area contributed by atoms with Crippen molar-refractivity contribution in [2.24, 2.45) is 0 Å². The van der Waals surface area contributed by atoms with E-state index < -0.39 is 65.7 Å². The zero-order valence-electron chi connectivity index (χ0n) is 73.7. The molecule has 0 saturated carbocycles. The monoisotopic (exact) mass is 1800 g/mol. The van der Waals surface area contributed by atoms with Gasteiger partial charge in [-0.25, -0.2) is 44.9 Å². The van der Waals surface area contributed by atoms with Gasteiger partial charge in [0, 0.05) is 85.7 Å².